The number of carboxylic acid groups (broad SMARTS) is 1. The first kappa shape index (κ1) is 12.6. The van der Waals surface area contributed by atoms with Crippen LogP contribution in [0.2, 0.25) is 0 Å². The standard InChI is InChI=1S/C10H18N4O2/c1-3-12-10(2,9(15)16)5-4-6-14-8-11-7-13-14/h7-8,12H,3-6H2,1-2H3,(H,15,16). The van der Waals surface area contributed by atoms with Crippen LogP contribution in [0, 0.1) is 0 Å². The van der Waals surface area contributed by atoms with Crippen molar-refractivity contribution < 1.29 is 9.90 Å². The molecule has 0 bridgehead atoms. The fourth-order valence-electron chi connectivity index (χ4n) is 1.60. The molecule has 0 aliphatic heterocycles. The molecule has 1 unspecified atom stereocenters. The third-order valence-corrected chi connectivity index (χ3v) is 2.57. The number of rotatable bonds is 7. The van der Waals surface area contributed by atoms with Crippen molar-refractivity contribution in [3.8, 4) is 0 Å². The van der Waals surface area contributed by atoms with Gasteiger partial charge >= 0.3 is 5.97 Å². The van der Waals surface area contributed by atoms with E-state index in [0.717, 1.165) is 6.42 Å². The predicted molar refractivity (Wildman–Crippen MR) is 59.0 cm³/mol. The van der Waals surface area contributed by atoms with Gasteiger partial charge in [0.1, 0.15) is 18.2 Å². The van der Waals surface area contributed by atoms with E-state index in [-0.39, 0.29) is 0 Å². The quantitative estimate of drug-likeness (QED) is 0.708. The van der Waals surface area contributed by atoms with E-state index in [0.29, 0.717) is 19.5 Å². The van der Waals surface area contributed by atoms with Crippen LogP contribution < -0.4 is 5.32 Å². The largest absolute Gasteiger partial charge is 0.480 e. The van der Waals surface area contributed by atoms with E-state index in [1.807, 2.05) is 6.92 Å². The summed E-state index contributed by atoms with van der Waals surface area (Å²) in [7, 11) is 0. The highest BCUT2D eigenvalue weighted by atomic mass is 16.4. The summed E-state index contributed by atoms with van der Waals surface area (Å²) >= 11 is 0. The van der Waals surface area contributed by atoms with Gasteiger partial charge in [0.05, 0.1) is 0 Å². The SMILES string of the molecule is CCNC(C)(CCCn1cncn1)C(=O)O. The minimum Gasteiger partial charge on any atom is -0.480 e. The molecule has 1 aromatic heterocycles. The van der Waals surface area contributed by atoms with Crippen molar-refractivity contribution in [3.63, 3.8) is 0 Å². The van der Waals surface area contributed by atoms with Crippen LogP contribution in [0.1, 0.15) is 26.7 Å². The number of aryl methyl sites for hydroxylation is 1. The van der Waals surface area contributed by atoms with Gasteiger partial charge in [0.15, 0.2) is 0 Å². The second-order valence-electron chi connectivity index (χ2n) is 3.93. The summed E-state index contributed by atoms with van der Waals surface area (Å²) in [5.74, 6) is -0.812. The Kier molecular flexibility index (Phi) is 4.42. The molecule has 6 nitrogen and oxygen atoms in total. The lowest BCUT2D eigenvalue weighted by Gasteiger charge is -2.25. The zero-order valence-corrected chi connectivity index (χ0v) is 9.68. The van der Waals surface area contributed by atoms with Gasteiger partial charge in [-0.25, -0.2) is 4.98 Å². The highest BCUT2D eigenvalue weighted by Crippen LogP contribution is 2.13. The van der Waals surface area contributed by atoms with E-state index < -0.39 is 11.5 Å². The summed E-state index contributed by atoms with van der Waals surface area (Å²) in [5.41, 5.74) is -0.852. The molecule has 0 radical (unpaired) electrons. The van der Waals surface area contributed by atoms with Crippen molar-refractivity contribution in [2.24, 2.45) is 0 Å². The Hall–Kier alpha value is -1.43. The summed E-state index contributed by atoms with van der Waals surface area (Å²) in [5, 5.41) is 16.1. The van der Waals surface area contributed by atoms with Gasteiger partial charge in [-0.2, -0.15) is 5.10 Å². The molecule has 0 spiro atoms. The van der Waals surface area contributed by atoms with Gasteiger partial charge in [-0.05, 0) is 26.3 Å². The van der Waals surface area contributed by atoms with Crippen LogP contribution >= 0.6 is 0 Å². The van der Waals surface area contributed by atoms with Crippen LogP contribution in [0.15, 0.2) is 12.7 Å². The second-order valence-corrected chi connectivity index (χ2v) is 3.93. The Morgan fingerprint density at radius 1 is 1.62 bits per heavy atom. The number of aromatic nitrogens is 3. The van der Waals surface area contributed by atoms with Crippen LogP contribution in [-0.4, -0.2) is 37.9 Å². The van der Waals surface area contributed by atoms with E-state index in [1.165, 1.54) is 6.33 Å². The van der Waals surface area contributed by atoms with Gasteiger partial charge in [-0.1, -0.05) is 6.92 Å². The van der Waals surface area contributed by atoms with E-state index >= 15 is 0 Å². The van der Waals surface area contributed by atoms with E-state index in [4.69, 9.17) is 5.11 Å². The molecular weight excluding hydrogens is 208 g/mol. The average molecular weight is 226 g/mol. The van der Waals surface area contributed by atoms with E-state index in [2.05, 4.69) is 15.4 Å². The number of nitrogens with one attached hydrogen (secondary N) is 1. The minimum atomic E-state index is -0.852. The van der Waals surface area contributed by atoms with E-state index in [9.17, 15) is 4.79 Å². The Morgan fingerprint density at radius 3 is 2.88 bits per heavy atom. The summed E-state index contributed by atoms with van der Waals surface area (Å²) in [4.78, 5) is 14.9. The fourth-order valence-corrected chi connectivity index (χ4v) is 1.60. The smallest absolute Gasteiger partial charge is 0.323 e. The van der Waals surface area contributed by atoms with Crippen molar-refractivity contribution in [3.05, 3.63) is 12.7 Å². The van der Waals surface area contributed by atoms with E-state index in [1.54, 1.807) is 17.9 Å². The van der Waals surface area contributed by atoms with Crippen LogP contribution in [-0.2, 0) is 11.3 Å². The lowest BCUT2D eigenvalue weighted by molar-refractivity contribution is -0.144. The molecule has 0 aliphatic rings. The molecular formula is C10H18N4O2. The molecule has 1 rings (SSSR count). The summed E-state index contributed by atoms with van der Waals surface area (Å²) in [6, 6.07) is 0. The van der Waals surface area contributed by atoms with Gasteiger partial charge in [0.25, 0.3) is 0 Å². The normalized spacial score (nSPS) is 14.6. The van der Waals surface area contributed by atoms with Crippen LogP contribution in [0.5, 0.6) is 0 Å². The molecule has 0 aliphatic carbocycles. The number of carboxylic acids is 1. The molecule has 16 heavy (non-hydrogen) atoms. The van der Waals surface area contributed by atoms with Crippen molar-refractivity contribution >= 4 is 5.97 Å². The lowest BCUT2D eigenvalue weighted by atomic mass is 9.96. The molecule has 0 saturated heterocycles. The molecule has 6 heteroatoms. The molecule has 2 N–H and O–H groups in total. The second kappa shape index (κ2) is 5.60. The molecule has 0 saturated carbocycles. The molecule has 1 aromatic rings. The maximum absolute atomic E-state index is 11.1. The number of hydrogen-bond donors (Lipinski definition) is 2. The predicted octanol–water partition coefficient (Wildman–Crippen LogP) is 0.511. The van der Waals surface area contributed by atoms with Crippen molar-refractivity contribution in [1.82, 2.24) is 20.1 Å². The summed E-state index contributed by atoms with van der Waals surface area (Å²) in [6.45, 7) is 4.94. The molecule has 90 valence electrons. The van der Waals surface area contributed by atoms with Gasteiger partial charge < -0.3 is 10.4 Å². The Balaban J connectivity index is 2.41. The van der Waals surface area contributed by atoms with Gasteiger partial charge in [0, 0.05) is 6.54 Å². The lowest BCUT2D eigenvalue weighted by Crippen LogP contribution is -2.49. The van der Waals surface area contributed by atoms with Gasteiger partial charge in [-0.3, -0.25) is 9.48 Å². The zero-order valence-electron chi connectivity index (χ0n) is 9.68. The van der Waals surface area contributed by atoms with Crippen molar-refractivity contribution in [1.29, 1.82) is 0 Å². The fraction of sp³-hybridized carbons (Fsp3) is 0.700. The van der Waals surface area contributed by atoms with Crippen LogP contribution in [0.3, 0.4) is 0 Å². The summed E-state index contributed by atoms with van der Waals surface area (Å²) in [6.07, 6.45) is 4.42. The highest BCUT2D eigenvalue weighted by molar-refractivity contribution is 5.78. The molecule has 0 fully saturated rings. The summed E-state index contributed by atoms with van der Waals surface area (Å²) < 4.78 is 1.70. The molecule has 0 aromatic carbocycles. The third-order valence-electron chi connectivity index (χ3n) is 2.57. The zero-order chi connectivity index (χ0) is 12.0. The average Bonchev–Trinajstić information content (AvgIpc) is 2.70. The highest BCUT2D eigenvalue weighted by Gasteiger charge is 2.31. The van der Waals surface area contributed by atoms with Crippen LogP contribution in [0.25, 0.3) is 0 Å². The first-order valence-electron chi connectivity index (χ1n) is 5.39. The molecule has 1 atom stereocenters. The maximum atomic E-state index is 11.1. The Morgan fingerprint density at radius 2 is 2.38 bits per heavy atom. The number of aliphatic carboxylic acids is 1. The van der Waals surface area contributed by atoms with Crippen molar-refractivity contribution in [2.75, 3.05) is 6.54 Å². The van der Waals surface area contributed by atoms with Gasteiger partial charge in [-0.15, -0.1) is 0 Å². The molecule has 0 amide bonds. The Bertz CT molecular complexity index is 326. The molecule has 1 heterocycles. The topological polar surface area (TPSA) is 80.0 Å². The maximum Gasteiger partial charge on any atom is 0.323 e. The number of hydrogen-bond acceptors (Lipinski definition) is 4. The number of likely N-dealkylation sites (N-methyl/N-ethyl adjacent to an activating group) is 1. The number of nitrogens with zero attached hydrogens (tertiary/aromatic N) is 3. The van der Waals surface area contributed by atoms with Crippen molar-refractivity contribution in [2.45, 2.75) is 38.8 Å². The third kappa shape index (κ3) is 3.30. The number of carbonyl (C=O) groups is 1. The Labute approximate surface area is 94.7 Å². The monoisotopic (exact) mass is 226 g/mol. The first-order valence-corrected chi connectivity index (χ1v) is 5.39. The van der Waals surface area contributed by atoms with Gasteiger partial charge in [0.2, 0.25) is 0 Å². The first-order chi connectivity index (χ1) is 7.58. The minimum absolute atomic E-state index is 0.566. The van der Waals surface area contributed by atoms with Crippen LogP contribution in [0.4, 0.5) is 0 Å².